The molecule has 2 heterocycles. The molecule has 2 aliphatic heterocycles. The van der Waals surface area contributed by atoms with E-state index in [1.165, 1.54) is 6.07 Å². The van der Waals surface area contributed by atoms with Crippen molar-refractivity contribution >= 4 is 29.1 Å². The lowest BCUT2D eigenvalue weighted by atomic mass is 10.1. The smallest absolute Gasteiger partial charge is 0.222 e. The van der Waals surface area contributed by atoms with E-state index in [0.717, 1.165) is 31.6 Å². The lowest BCUT2D eigenvalue weighted by Gasteiger charge is -2.37. The van der Waals surface area contributed by atoms with E-state index in [1.807, 2.05) is 4.90 Å². The lowest BCUT2D eigenvalue weighted by molar-refractivity contribution is -0.130. The molecule has 2 fully saturated rings. The number of aromatic hydroxyl groups is 1. The fourth-order valence-electron chi connectivity index (χ4n) is 3.05. The minimum Gasteiger partial charge on any atom is -0.506 e. The van der Waals surface area contributed by atoms with Crippen molar-refractivity contribution in [2.75, 3.05) is 19.6 Å². The molecule has 1 aromatic carbocycles. The van der Waals surface area contributed by atoms with Crippen molar-refractivity contribution in [1.82, 2.24) is 9.80 Å². The molecule has 4 nitrogen and oxygen atoms in total. The Morgan fingerprint density at radius 2 is 2.10 bits per heavy atom. The summed E-state index contributed by atoms with van der Waals surface area (Å²) in [4.78, 5) is 15.9. The van der Waals surface area contributed by atoms with Gasteiger partial charge in [0.15, 0.2) is 0 Å². The maximum Gasteiger partial charge on any atom is 0.222 e. The average Bonchev–Trinajstić information content (AvgIpc) is 2.77. The van der Waals surface area contributed by atoms with Gasteiger partial charge in [-0.2, -0.15) is 0 Å². The summed E-state index contributed by atoms with van der Waals surface area (Å²) in [5, 5.41) is 10.8. The molecule has 0 bridgehead atoms. The highest BCUT2D eigenvalue weighted by molar-refractivity contribution is 6.35. The summed E-state index contributed by atoms with van der Waals surface area (Å²) in [6.45, 7) is 3.02. The van der Waals surface area contributed by atoms with Crippen molar-refractivity contribution in [3.05, 3.63) is 27.7 Å². The number of nitrogens with zero attached hydrogens (tertiary/aromatic N) is 2. The van der Waals surface area contributed by atoms with Gasteiger partial charge in [0.1, 0.15) is 5.75 Å². The first-order valence-electron chi connectivity index (χ1n) is 6.73. The minimum atomic E-state index is 0.0981. The number of phenolic OH excluding ortho intramolecular Hbond substituents is 1. The van der Waals surface area contributed by atoms with E-state index in [9.17, 15) is 9.90 Å². The SMILES string of the molecule is O=C1CCC2CN(Cc3cc(Cl)cc(Cl)c3O)CCN12. The Kier molecular flexibility index (Phi) is 3.80. The number of carbonyl (C=O) groups excluding carboxylic acids is 1. The van der Waals surface area contributed by atoms with Crippen LogP contribution in [0, 0.1) is 0 Å². The van der Waals surface area contributed by atoms with E-state index in [0.29, 0.717) is 24.0 Å². The third-order valence-electron chi connectivity index (χ3n) is 4.08. The monoisotopic (exact) mass is 314 g/mol. The lowest BCUT2D eigenvalue weighted by Crippen LogP contribution is -2.50. The summed E-state index contributed by atoms with van der Waals surface area (Å²) in [5.74, 6) is 0.365. The van der Waals surface area contributed by atoms with Gasteiger partial charge >= 0.3 is 0 Å². The fourth-order valence-corrected chi connectivity index (χ4v) is 3.59. The van der Waals surface area contributed by atoms with Crippen LogP contribution in [0.5, 0.6) is 5.75 Å². The molecule has 1 N–H and O–H groups in total. The van der Waals surface area contributed by atoms with Crippen LogP contribution in [-0.2, 0) is 11.3 Å². The van der Waals surface area contributed by atoms with Crippen molar-refractivity contribution < 1.29 is 9.90 Å². The number of carbonyl (C=O) groups is 1. The largest absolute Gasteiger partial charge is 0.506 e. The topological polar surface area (TPSA) is 43.8 Å². The van der Waals surface area contributed by atoms with Gasteiger partial charge in [0.25, 0.3) is 0 Å². The van der Waals surface area contributed by atoms with Gasteiger partial charge in [-0.3, -0.25) is 9.69 Å². The van der Waals surface area contributed by atoms with Gasteiger partial charge in [-0.25, -0.2) is 0 Å². The van der Waals surface area contributed by atoms with Crippen LogP contribution in [0.25, 0.3) is 0 Å². The second-order valence-electron chi connectivity index (χ2n) is 5.41. The number of rotatable bonds is 2. The van der Waals surface area contributed by atoms with E-state index in [2.05, 4.69) is 4.90 Å². The molecule has 0 radical (unpaired) electrons. The Balaban J connectivity index is 1.72. The number of benzene rings is 1. The average molecular weight is 315 g/mol. The number of piperazine rings is 1. The van der Waals surface area contributed by atoms with Gasteiger partial charge in [-0.05, 0) is 18.6 Å². The predicted molar refractivity (Wildman–Crippen MR) is 78.1 cm³/mol. The third kappa shape index (κ3) is 2.60. The van der Waals surface area contributed by atoms with Crippen LogP contribution in [0.1, 0.15) is 18.4 Å². The zero-order valence-corrected chi connectivity index (χ0v) is 12.5. The zero-order valence-electron chi connectivity index (χ0n) is 11.0. The molecule has 6 heteroatoms. The quantitative estimate of drug-likeness (QED) is 0.912. The van der Waals surface area contributed by atoms with Gasteiger partial charge in [-0.15, -0.1) is 0 Å². The number of hydrogen-bond donors (Lipinski definition) is 1. The summed E-state index contributed by atoms with van der Waals surface area (Å²) >= 11 is 11.9. The summed E-state index contributed by atoms with van der Waals surface area (Å²) in [5.41, 5.74) is 0.736. The first kappa shape index (κ1) is 14.0. The van der Waals surface area contributed by atoms with Crippen molar-refractivity contribution in [3.63, 3.8) is 0 Å². The molecule has 2 aliphatic rings. The normalized spacial score (nSPS) is 23.2. The van der Waals surface area contributed by atoms with Crippen molar-refractivity contribution in [1.29, 1.82) is 0 Å². The molecule has 0 aromatic heterocycles. The molecule has 1 atom stereocenters. The van der Waals surface area contributed by atoms with Crippen LogP contribution in [0.4, 0.5) is 0 Å². The van der Waals surface area contributed by atoms with Crippen molar-refractivity contribution in [3.8, 4) is 5.75 Å². The molecular formula is C14H16Cl2N2O2. The minimum absolute atomic E-state index is 0.0981. The molecule has 1 aromatic rings. The number of halogens is 2. The first-order valence-corrected chi connectivity index (χ1v) is 7.49. The first-order chi connectivity index (χ1) is 9.54. The van der Waals surface area contributed by atoms with E-state index >= 15 is 0 Å². The summed E-state index contributed by atoms with van der Waals surface area (Å²) in [6.07, 6.45) is 1.59. The van der Waals surface area contributed by atoms with Gasteiger partial charge in [-0.1, -0.05) is 23.2 Å². The second kappa shape index (κ2) is 5.43. The fraction of sp³-hybridized carbons (Fsp3) is 0.500. The van der Waals surface area contributed by atoms with Gasteiger partial charge in [0, 0.05) is 49.2 Å². The highest BCUT2D eigenvalue weighted by Gasteiger charge is 2.35. The molecule has 0 aliphatic carbocycles. The number of hydrogen-bond acceptors (Lipinski definition) is 3. The Bertz CT molecular complexity index is 550. The van der Waals surface area contributed by atoms with E-state index in [4.69, 9.17) is 23.2 Å². The van der Waals surface area contributed by atoms with Crippen LogP contribution < -0.4 is 0 Å². The van der Waals surface area contributed by atoms with E-state index in [-0.39, 0.29) is 16.7 Å². The molecule has 3 rings (SSSR count). The summed E-state index contributed by atoms with van der Waals surface area (Å²) < 4.78 is 0. The van der Waals surface area contributed by atoms with Gasteiger partial charge in [0.2, 0.25) is 5.91 Å². The standard InChI is InChI=1S/C14H16Cl2N2O2/c15-10-5-9(14(20)12(16)6-10)7-17-3-4-18-11(8-17)1-2-13(18)19/h5-6,11,20H,1-4,7-8H2. The van der Waals surface area contributed by atoms with Gasteiger partial charge in [0.05, 0.1) is 5.02 Å². The summed E-state index contributed by atoms with van der Waals surface area (Å²) in [6, 6.07) is 3.60. The molecule has 1 amide bonds. The van der Waals surface area contributed by atoms with E-state index < -0.39 is 0 Å². The molecule has 0 spiro atoms. The highest BCUT2D eigenvalue weighted by atomic mass is 35.5. The van der Waals surface area contributed by atoms with Crippen molar-refractivity contribution in [2.45, 2.75) is 25.4 Å². The Morgan fingerprint density at radius 3 is 2.90 bits per heavy atom. The maximum atomic E-state index is 11.6. The second-order valence-corrected chi connectivity index (χ2v) is 6.25. The van der Waals surface area contributed by atoms with Crippen LogP contribution in [0.15, 0.2) is 12.1 Å². The van der Waals surface area contributed by atoms with Crippen LogP contribution in [0.2, 0.25) is 10.0 Å². The molecule has 108 valence electrons. The van der Waals surface area contributed by atoms with Crippen LogP contribution in [0.3, 0.4) is 0 Å². The predicted octanol–water partition coefficient (Wildman–Crippen LogP) is 2.51. The third-order valence-corrected chi connectivity index (χ3v) is 4.59. The number of phenols is 1. The van der Waals surface area contributed by atoms with Crippen molar-refractivity contribution in [2.24, 2.45) is 0 Å². The van der Waals surface area contributed by atoms with E-state index in [1.54, 1.807) is 6.07 Å². The molecular weight excluding hydrogens is 299 g/mol. The molecule has 0 saturated carbocycles. The Hall–Kier alpha value is -0.970. The number of fused-ring (bicyclic) bond motifs is 1. The molecule has 20 heavy (non-hydrogen) atoms. The number of amides is 1. The summed E-state index contributed by atoms with van der Waals surface area (Å²) in [7, 11) is 0. The van der Waals surface area contributed by atoms with Crippen LogP contribution in [-0.4, -0.2) is 46.5 Å². The highest BCUT2D eigenvalue weighted by Crippen LogP contribution is 2.33. The maximum absolute atomic E-state index is 11.6. The Morgan fingerprint density at radius 1 is 1.30 bits per heavy atom. The molecule has 2 saturated heterocycles. The zero-order chi connectivity index (χ0) is 14.3. The molecule has 1 unspecified atom stereocenters. The van der Waals surface area contributed by atoms with Crippen LogP contribution >= 0.6 is 23.2 Å². The van der Waals surface area contributed by atoms with Gasteiger partial charge < -0.3 is 10.0 Å². The Labute approximate surface area is 127 Å².